The number of rotatable bonds is 8. The van der Waals surface area contributed by atoms with Crippen LogP contribution in [-0.4, -0.2) is 31.1 Å². The quantitative estimate of drug-likeness (QED) is 0.299. The second-order valence-electron chi connectivity index (χ2n) is 9.52. The minimum absolute atomic E-state index is 0.131. The summed E-state index contributed by atoms with van der Waals surface area (Å²) in [5.41, 5.74) is 4.63. The van der Waals surface area contributed by atoms with Gasteiger partial charge in [0.2, 0.25) is 5.76 Å². The van der Waals surface area contributed by atoms with Crippen molar-refractivity contribution in [3.05, 3.63) is 104 Å². The van der Waals surface area contributed by atoms with Crippen molar-refractivity contribution in [2.75, 3.05) is 20.3 Å². The summed E-state index contributed by atoms with van der Waals surface area (Å²) in [5.74, 6) is 1.41. The second kappa shape index (κ2) is 10.1. The first-order valence-corrected chi connectivity index (χ1v) is 12.7. The van der Waals surface area contributed by atoms with Crippen LogP contribution in [-0.2, 0) is 6.42 Å². The number of hydrogen-bond donors (Lipinski definition) is 0. The predicted molar refractivity (Wildman–Crippen MR) is 144 cm³/mol. The number of nitrogens with zero attached hydrogens (tertiary/aromatic N) is 1. The van der Waals surface area contributed by atoms with E-state index in [9.17, 15) is 9.59 Å². The molecule has 3 aromatic carbocycles. The minimum atomic E-state index is -0.539. The molecular weight excluding hydrogens is 466 g/mol. The Balaban J connectivity index is 1.58. The molecule has 1 aliphatic heterocycles. The highest BCUT2D eigenvalue weighted by Gasteiger charge is 2.42. The van der Waals surface area contributed by atoms with Gasteiger partial charge in [-0.05, 0) is 85.3 Å². The molecule has 0 saturated carbocycles. The van der Waals surface area contributed by atoms with Gasteiger partial charge < -0.3 is 18.8 Å². The molecule has 1 unspecified atom stereocenters. The molecule has 0 radical (unpaired) electrons. The van der Waals surface area contributed by atoms with Gasteiger partial charge in [-0.25, -0.2) is 0 Å². The van der Waals surface area contributed by atoms with Gasteiger partial charge >= 0.3 is 0 Å². The van der Waals surface area contributed by atoms with E-state index in [1.54, 1.807) is 12.0 Å². The van der Waals surface area contributed by atoms with E-state index in [2.05, 4.69) is 6.92 Å². The maximum Gasteiger partial charge on any atom is 0.290 e. The Morgan fingerprint density at radius 2 is 1.59 bits per heavy atom. The van der Waals surface area contributed by atoms with Crippen LogP contribution in [0.25, 0.3) is 11.0 Å². The number of carbonyl (C=O) groups excluding carboxylic acids is 1. The molecule has 2 heterocycles. The number of amides is 1. The van der Waals surface area contributed by atoms with E-state index in [4.69, 9.17) is 13.9 Å². The van der Waals surface area contributed by atoms with Gasteiger partial charge in [0.05, 0.1) is 30.7 Å². The Bertz CT molecular complexity index is 1500. The standard InChI is InChI=1S/C31H31NO5/c1-5-16-36-24-12-8-22(9-13-24)28-27-29(33)25-17-19(2)20(3)18-26(25)37-30(27)31(34)32(28)15-14-21-6-10-23(35-4)11-7-21/h6-13,17-18,28H,5,14-16H2,1-4H3. The second-order valence-corrected chi connectivity index (χ2v) is 9.52. The number of aryl methyl sites for hydroxylation is 2. The molecule has 1 amide bonds. The highest BCUT2D eigenvalue weighted by atomic mass is 16.5. The number of carbonyl (C=O) groups is 1. The summed E-state index contributed by atoms with van der Waals surface area (Å²) in [4.78, 5) is 29.3. The SMILES string of the molecule is CCCOc1ccc(C2c3c(oc4cc(C)c(C)cc4c3=O)C(=O)N2CCc2ccc(OC)cc2)cc1. The largest absolute Gasteiger partial charge is 0.497 e. The van der Waals surface area contributed by atoms with Crippen molar-refractivity contribution in [1.82, 2.24) is 4.90 Å². The lowest BCUT2D eigenvalue weighted by molar-refractivity contribution is 0.0730. The Kier molecular flexibility index (Phi) is 6.74. The van der Waals surface area contributed by atoms with E-state index in [-0.39, 0.29) is 17.1 Å². The lowest BCUT2D eigenvalue weighted by Crippen LogP contribution is -2.31. The highest BCUT2D eigenvalue weighted by Crippen LogP contribution is 2.39. The predicted octanol–water partition coefficient (Wildman–Crippen LogP) is 6.00. The third-order valence-electron chi connectivity index (χ3n) is 7.05. The van der Waals surface area contributed by atoms with E-state index >= 15 is 0 Å². The Labute approximate surface area is 216 Å². The third kappa shape index (κ3) is 4.59. The van der Waals surface area contributed by atoms with Crippen LogP contribution in [0.3, 0.4) is 0 Å². The molecule has 37 heavy (non-hydrogen) atoms. The van der Waals surface area contributed by atoms with Crippen LogP contribution in [0.15, 0.2) is 69.9 Å². The van der Waals surface area contributed by atoms with Crippen LogP contribution in [0.2, 0.25) is 0 Å². The maximum atomic E-state index is 13.8. The summed E-state index contributed by atoms with van der Waals surface area (Å²) in [5, 5.41) is 0.500. The minimum Gasteiger partial charge on any atom is -0.497 e. The Morgan fingerprint density at radius 1 is 0.919 bits per heavy atom. The molecule has 1 atom stereocenters. The molecule has 6 nitrogen and oxygen atoms in total. The first-order chi connectivity index (χ1) is 17.9. The van der Waals surface area contributed by atoms with Gasteiger partial charge in [0.15, 0.2) is 5.43 Å². The molecule has 0 aliphatic carbocycles. The molecule has 4 aromatic rings. The van der Waals surface area contributed by atoms with E-state index in [1.807, 2.05) is 74.5 Å². The Hall–Kier alpha value is -4.06. The fraction of sp³-hybridized carbons (Fsp3) is 0.290. The third-order valence-corrected chi connectivity index (χ3v) is 7.05. The number of methoxy groups -OCH3 is 1. The first kappa shape index (κ1) is 24.6. The summed E-state index contributed by atoms with van der Waals surface area (Å²) >= 11 is 0. The molecular formula is C31H31NO5. The smallest absolute Gasteiger partial charge is 0.290 e. The van der Waals surface area contributed by atoms with Crippen LogP contribution in [0, 0.1) is 13.8 Å². The van der Waals surface area contributed by atoms with Gasteiger partial charge in [0.1, 0.15) is 17.1 Å². The average Bonchev–Trinajstić information content (AvgIpc) is 3.19. The Morgan fingerprint density at radius 3 is 2.27 bits per heavy atom. The molecule has 1 aliphatic rings. The fourth-order valence-electron chi connectivity index (χ4n) is 4.86. The van der Waals surface area contributed by atoms with Crippen molar-refractivity contribution in [2.45, 2.75) is 39.7 Å². The van der Waals surface area contributed by atoms with Gasteiger partial charge in [-0.15, -0.1) is 0 Å². The molecule has 0 N–H and O–H groups in total. The number of hydrogen-bond acceptors (Lipinski definition) is 5. The lowest BCUT2D eigenvalue weighted by Gasteiger charge is -2.25. The first-order valence-electron chi connectivity index (χ1n) is 12.7. The highest BCUT2D eigenvalue weighted by molar-refractivity contribution is 5.99. The monoisotopic (exact) mass is 497 g/mol. The van der Waals surface area contributed by atoms with E-state index in [0.29, 0.717) is 36.1 Å². The summed E-state index contributed by atoms with van der Waals surface area (Å²) in [6.45, 7) is 7.06. The molecule has 5 rings (SSSR count). The zero-order chi connectivity index (χ0) is 26.1. The van der Waals surface area contributed by atoms with Crippen molar-refractivity contribution in [3.8, 4) is 11.5 Å². The van der Waals surface area contributed by atoms with Gasteiger partial charge in [0, 0.05) is 6.54 Å². The number of fused-ring (bicyclic) bond motifs is 2. The van der Waals surface area contributed by atoms with Crippen LogP contribution < -0.4 is 14.9 Å². The van der Waals surface area contributed by atoms with Crippen LogP contribution in [0.5, 0.6) is 11.5 Å². The molecule has 190 valence electrons. The van der Waals surface area contributed by atoms with E-state index < -0.39 is 6.04 Å². The normalized spacial score (nSPS) is 14.8. The molecule has 0 saturated heterocycles. The molecule has 0 bridgehead atoms. The van der Waals surface area contributed by atoms with Crippen molar-refractivity contribution < 1.29 is 18.7 Å². The van der Waals surface area contributed by atoms with Gasteiger partial charge in [-0.1, -0.05) is 31.2 Å². The van der Waals surface area contributed by atoms with Gasteiger partial charge in [-0.2, -0.15) is 0 Å². The van der Waals surface area contributed by atoms with Crippen molar-refractivity contribution >= 4 is 16.9 Å². The van der Waals surface area contributed by atoms with E-state index in [0.717, 1.165) is 40.2 Å². The summed E-state index contributed by atoms with van der Waals surface area (Å²) in [6, 6.07) is 18.6. The number of ether oxygens (including phenoxy) is 2. The fourth-order valence-corrected chi connectivity index (χ4v) is 4.86. The molecule has 1 aromatic heterocycles. The molecule has 0 fully saturated rings. The summed E-state index contributed by atoms with van der Waals surface area (Å²) in [6.07, 6.45) is 1.54. The van der Waals surface area contributed by atoms with Gasteiger partial charge in [-0.3, -0.25) is 9.59 Å². The van der Waals surface area contributed by atoms with Gasteiger partial charge in [0.25, 0.3) is 5.91 Å². The van der Waals surface area contributed by atoms with Crippen molar-refractivity contribution in [3.63, 3.8) is 0 Å². The topological polar surface area (TPSA) is 69.0 Å². The maximum absolute atomic E-state index is 13.8. The summed E-state index contributed by atoms with van der Waals surface area (Å²) in [7, 11) is 1.63. The van der Waals surface area contributed by atoms with Crippen LogP contribution in [0.1, 0.15) is 57.8 Å². The summed E-state index contributed by atoms with van der Waals surface area (Å²) < 4.78 is 17.2. The zero-order valence-corrected chi connectivity index (χ0v) is 21.7. The lowest BCUT2D eigenvalue weighted by atomic mass is 9.97. The van der Waals surface area contributed by atoms with Crippen molar-refractivity contribution in [1.29, 1.82) is 0 Å². The van der Waals surface area contributed by atoms with E-state index in [1.165, 1.54) is 0 Å². The molecule has 6 heteroatoms. The van der Waals surface area contributed by atoms with Crippen LogP contribution >= 0.6 is 0 Å². The van der Waals surface area contributed by atoms with Crippen LogP contribution in [0.4, 0.5) is 0 Å². The molecule has 0 spiro atoms. The van der Waals surface area contributed by atoms with Crippen molar-refractivity contribution in [2.24, 2.45) is 0 Å². The number of benzene rings is 3. The average molecular weight is 498 g/mol. The zero-order valence-electron chi connectivity index (χ0n) is 21.7.